The topological polar surface area (TPSA) is 61.9 Å². The van der Waals surface area contributed by atoms with Gasteiger partial charge in [-0.1, -0.05) is 54.2 Å². The summed E-state index contributed by atoms with van der Waals surface area (Å²) < 4.78 is 13.9. The van der Waals surface area contributed by atoms with E-state index in [0.29, 0.717) is 16.5 Å². The van der Waals surface area contributed by atoms with Gasteiger partial charge in [0.05, 0.1) is 5.56 Å². The quantitative estimate of drug-likeness (QED) is 0.711. The highest BCUT2D eigenvalue weighted by Crippen LogP contribution is 2.35. The van der Waals surface area contributed by atoms with Crippen molar-refractivity contribution in [2.45, 2.75) is 10.4 Å². The van der Waals surface area contributed by atoms with Crippen molar-refractivity contribution in [1.29, 1.82) is 0 Å². The molecule has 3 rings (SSSR count). The number of amides is 1. The molecule has 25 heavy (non-hydrogen) atoms. The van der Waals surface area contributed by atoms with Gasteiger partial charge in [-0.25, -0.2) is 9.37 Å². The fraction of sp³-hybridized carbons (Fsp3) is 0.167. The Morgan fingerprint density at radius 1 is 1.12 bits per heavy atom. The standard InChI is InChI=1S/C18H17FN4OS/c1-23(2)17(24)15(12-8-4-3-5-9-12)25-18-20-16(21-22-18)13-10-6-7-11-14(13)19/h3-11,15H,1-2H3,(H,20,21,22). The summed E-state index contributed by atoms with van der Waals surface area (Å²) in [6, 6.07) is 15.8. The van der Waals surface area contributed by atoms with E-state index in [4.69, 9.17) is 0 Å². The van der Waals surface area contributed by atoms with Crippen molar-refractivity contribution in [2.75, 3.05) is 14.1 Å². The van der Waals surface area contributed by atoms with Gasteiger partial charge in [-0.3, -0.25) is 9.89 Å². The average Bonchev–Trinajstić information content (AvgIpc) is 3.08. The Morgan fingerprint density at radius 2 is 1.80 bits per heavy atom. The lowest BCUT2D eigenvalue weighted by atomic mass is 10.1. The van der Waals surface area contributed by atoms with Gasteiger partial charge in [0.15, 0.2) is 5.82 Å². The van der Waals surface area contributed by atoms with E-state index in [9.17, 15) is 9.18 Å². The number of nitrogens with one attached hydrogen (secondary N) is 1. The molecule has 1 atom stereocenters. The fourth-order valence-corrected chi connectivity index (χ4v) is 3.36. The number of rotatable bonds is 5. The number of benzene rings is 2. The number of likely N-dealkylation sites (N-methyl/N-ethyl adjacent to an activating group) is 1. The molecule has 0 spiro atoms. The van der Waals surface area contributed by atoms with Crippen LogP contribution >= 0.6 is 11.8 Å². The van der Waals surface area contributed by atoms with Crippen molar-refractivity contribution in [3.05, 3.63) is 66.0 Å². The van der Waals surface area contributed by atoms with Crippen LogP contribution in [0.1, 0.15) is 10.8 Å². The molecule has 2 aromatic carbocycles. The summed E-state index contributed by atoms with van der Waals surface area (Å²) >= 11 is 1.23. The first-order valence-electron chi connectivity index (χ1n) is 7.66. The monoisotopic (exact) mass is 356 g/mol. The zero-order valence-corrected chi connectivity index (χ0v) is 14.6. The number of aromatic amines is 1. The normalized spacial score (nSPS) is 12.0. The molecule has 0 bridgehead atoms. The van der Waals surface area contributed by atoms with Crippen molar-refractivity contribution in [3.8, 4) is 11.4 Å². The lowest BCUT2D eigenvalue weighted by Gasteiger charge is -2.19. The summed E-state index contributed by atoms with van der Waals surface area (Å²) in [5.41, 5.74) is 1.21. The molecular weight excluding hydrogens is 339 g/mol. The minimum absolute atomic E-state index is 0.0616. The lowest BCUT2D eigenvalue weighted by Crippen LogP contribution is -2.26. The van der Waals surface area contributed by atoms with Crippen LogP contribution in [0, 0.1) is 5.82 Å². The van der Waals surface area contributed by atoms with Gasteiger partial charge in [-0.15, -0.1) is 5.10 Å². The number of halogens is 1. The van der Waals surface area contributed by atoms with Gasteiger partial charge < -0.3 is 4.90 Å². The Labute approximate surface area is 149 Å². The average molecular weight is 356 g/mol. The SMILES string of the molecule is CN(C)C(=O)C(Sc1n[nH]c(-c2ccccc2F)n1)c1ccccc1. The van der Waals surface area contributed by atoms with Gasteiger partial charge in [-0.2, -0.15) is 0 Å². The number of thioether (sulfide) groups is 1. The van der Waals surface area contributed by atoms with Crippen molar-refractivity contribution in [1.82, 2.24) is 20.1 Å². The van der Waals surface area contributed by atoms with Gasteiger partial charge in [0, 0.05) is 14.1 Å². The molecule has 1 aromatic heterocycles. The second-order valence-corrected chi connectivity index (χ2v) is 6.66. The second kappa shape index (κ2) is 7.48. The summed E-state index contributed by atoms with van der Waals surface area (Å²) in [6.07, 6.45) is 0. The van der Waals surface area contributed by atoms with E-state index in [1.807, 2.05) is 30.3 Å². The van der Waals surface area contributed by atoms with Crippen molar-refractivity contribution < 1.29 is 9.18 Å². The summed E-state index contributed by atoms with van der Waals surface area (Å²) in [5.74, 6) is -0.0997. The minimum atomic E-state index is -0.472. The van der Waals surface area contributed by atoms with Gasteiger partial charge >= 0.3 is 0 Å². The van der Waals surface area contributed by atoms with E-state index in [-0.39, 0.29) is 11.7 Å². The first-order chi connectivity index (χ1) is 12.1. The molecule has 0 saturated heterocycles. The molecule has 0 aliphatic heterocycles. The van der Waals surface area contributed by atoms with E-state index >= 15 is 0 Å². The van der Waals surface area contributed by atoms with Crippen LogP contribution in [-0.4, -0.2) is 40.1 Å². The number of hydrogen-bond donors (Lipinski definition) is 1. The Balaban J connectivity index is 1.88. The molecule has 0 radical (unpaired) electrons. The number of H-pyrrole nitrogens is 1. The van der Waals surface area contributed by atoms with Crippen LogP contribution in [-0.2, 0) is 4.79 Å². The van der Waals surface area contributed by atoms with Crippen LogP contribution in [0.2, 0.25) is 0 Å². The second-order valence-electron chi connectivity index (χ2n) is 5.59. The molecule has 0 saturated carbocycles. The van der Waals surface area contributed by atoms with Crippen LogP contribution in [0.25, 0.3) is 11.4 Å². The highest BCUT2D eigenvalue weighted by molar-refractivity contribution is 8.00. The smallest absolute Gasteiger partial charge is 0.240 e. The molecule has 1 amide bonds. The molecule has 3 aromatic rings. The molecule has 1 heterocycles. The van der Waals surface area contributed by atoms with E-state index < -0.39 is 5.25 Å². The van der Waals surface area contributed by atoms with Crippen LogP contribution in [0.15, 0.2) is 59.8 Å². The molecule has 5 nitrogen and oxygen atoms in total. The summed E-state index contributed by atoms with van der Waals surface area (Å²) in [6.45, 7) is 0. The number of hydrogen-bond acceptors (Lipinski definition) is 4. The predicted molar refractivity (Wildman–Crippen MR) is 95.5 cm³/mol. The van der Waals surface area contributed by atoms with E-state index in [1.54, 1.807) is 32.3 Å². The highest BCUT2D eigenvalue weighted by atomic mass is 32.2. The maximum Gasteiger partial charge on any atom is 0.240 e. The van der Waals surface area contributed by atoms with Gasteiger partial charge in [0.2, 0.25) is 11.1 Å². The third-order valence-corrected chi connectivity index (χ3v) is 4.69. The first-order valence-corrected chi connectivity index (χ1v) is 8.54. The Morgan fingerprint density at radius 3 is 2.48 bits per heavy atom. The van der Waals surface area contributed by atoms with Gasteiger partial charge in [0.1, 0.15) is 11.1 Å². The molecule has 0 aliphatic carbocycles. The molecule has 0 fully saturated rings. The largest absolute Gasteiger partial charge is 0.348 e. The van der Waals surface area contributed by atoms with E-state index in [2.05, 4.69) is 15.2 Å². The number of aromatic nitrogens is 3. The van der Waals surface area contributed by atoms with Crippen molar-refractivity contribution in [2.24, 2.45) is 0 Å². The molecule has 1 N–H and O–H groups in total. The third kappa shape index (κ3) is 3.88. The summed E-state index contributed by atoms with van der Waals surface area (Å²) in [4.78, 5) is 18.4. The summed E-state index contributed by atoms with van der Waals surface area (Å²) in [7, 11) is 3.42. The number of carbonyl (C=O) groups is 1. The maximum atomic E-state index is 13.9. The fourth-order valence-electron chi connectivity index (χ4n) is 2.30. The zero-order chi connectivity index (χ0) is 17.8. The van der Waals surface area contributed by atoms with Crippen LogP contribution < -0.4 is 0 Å². The van der Waals surface area contributed by atoms with Gasteiger partial charge in [0.25, 0.3) is 0 Å². The minimum Gasteiger partial charge on any atom is -0.348 e. The van der Waals surface area contributed by atoms with Crippen LogP contribution in [0.3, 0.4) is 0 Å². The van der Waals surface area contributed by atoms with E-state index in [0.717, 1.165) is 5.56 Å². The Bertz CT molecular complexity index is 866. The molecule has 128 valence electrons. The molecule has 7 heteroatoms. The molecule has 1 unspecified atom stereocenters. The predicted octanol–water partition coefficient (Wildman–Crippen LogP) is 3.53. The third-order valence-electron chi connectivity index (χ3n) is 3.58. The lowest BCUT2D eigenvalue weighted by molar-refractivity contribution is -0.128. The Kier molecular flexibility index (Phi) is 5.14. The van der Waals surface area contributed by atoms with Crippen LogP contribution in [0.5, 0.6) is 0 Å². The van der Waals surface area contributed by atoms with Crippen LogP contribution in [0.4, 0.5) is 4.39 Å². The molecule has 0 aliphatic rings. The Hall–Kier alpha value is -2.67. The molecular formula is C18H17FN4OS. The highest BCUT2D eigenvalue weighted by Gasteiger charge is 2.25. The first kappa shape index (κ1) is 17.2. The maximum absolute atomic E-state index is 13.9. The number of carbonyl (C=O) groups excluding carboxylic acids is 1. The van der Waals surface area contributed by atoms with Gasteiger partial charge in [-0.05, 0) is 17.7 Å². The van der Waals surface area contributed by atoms with Crippen molar-refractivity contribution >= 4 is 17.7 Å². The van der Waals surface area contributed by atoms with Crippen molar-refractivity contribution in [3.63, 3.8) is 0 Å². The zero-order valence-electron chi connectivity index (χ0n) is 13.8. The number of nitrogens with zero attached hydrogens (tertiary/aromatic N) is 3. The van der Waals surface area contributed by atoms with E-state index in [1.165, 1.54) is 22.7 Å². The summed E-state index contributed by atoms with van der Waals surface area (Å²) in [5, 5.41) is 6.79.